The molecule has 28 heavy (non-hydrogen) atoms. The number of aromatic amines is 1. The van der Waals surface area contributed by atoms with Crippen LogP contribution in [0.1, 0.15) is 5.56 Å². The molecule has 138 valence electrons. The third-order valence-corrected chi connectivity index (χ3v) is 4.58. The van der Waals surface area contributed by atoms with E-state index in [1.807, 2.05) is 37.8 Å². The van der Waals surface area contributed by atoms with Gasteiger partial charge in [0.15, 0.2) is 0 Å². The molecule has 0 radical (unpaired) electrons. The second-order valence-electron chi connectivity index (χ2n) is 6.37. The Kier molecular flexibility index (Phi) is 3.73. The van der Waals surface area contributed by atoms with Gasteiger partial charge in [0.25, 0.3) is 0 Å². The molecular formula is C19H16N8O. The minimum atomic E-state index is 0.340. The quantitative estimate of drug-likeness (QED) is 0.496. The molecule has 5 heterocycles. The van der Waals surface area contributed by atoms with Crippen molar-refractivity contribution in [2.45, 2.75) is 6.54 Å². The summed E-state index contributed by atoms with van der Waals surface area (Å²) < 4.78 is 7.70. The van der Waals surface area contributed by atoms with Gasteiger partial charge in [-0.2, -0.15) is 5.10 Å². The molecule has 3 N–H and O–H groups in total. The van der Waals surface area contributed by atoms with E-state index in [2.05, 4.69) is 30.2 Å². The van der Waals surface area contributed by atoms with Crippen molar-refractivity contribution in [1.29, 1.82) is 0 Å². The molecule has 9 nitrogen and oxygen atoms in total. The number of aryl methyl sites for hydroxylation is 1. The number of H-pyrrole nitrogens is 1. The lowest BCUT2D eigenvalue weighted by atomic mass is 10.1. The Balaban J connectivity index is 1.59. The maximum Gasteiger partial charge on any atom is 0.250 e. The van der Waals surface area contributed by atoms with Crippen molar-refractivity contribution in [2.24, 2.45) is 12.8 Å². The van der Waals surface area contributed by atoms with Gasteiger partial charge < -0.3 is 15.1 Å². The Bertz CT molecular complexity index is 1280. The maximum atomic E-state index is 5.94. The Hall–Kier alpha value is -3.85. The van der Waals surface area contributed by atoms with E-state index >= 15 is 0 Å². The van der Waals surface area contributed by atoms with Gasteiger partial charge in [-0.1, -0.05) is 0 Å². The van der Waals surface area contributed by atoms with Crippen LogP contribution in [-0.4, -0.2) is 34.9 Å². The minimum absolute atomic E-state index is 0.340. The Morgan fingerprint density at radius 1 is 1.11 bits per heavy atom. The summed E-state index contributed by atoms with van der Waals surface area (Å²) in [7, 11) is 1.88. The summed E-state index contributed by atoms with van der Waals surface area (Å²) >= 11 is 0. The van der Waals surface area contributed by atoms with Crippen molar-refractivity contribution in [1.82, 2.24) is 34.9 Å². The van der Waals surface area contributed by atoms with E-state index < -0.39 is 0 Å². The highest BCUT2D eigenvalue weighted by Gasteiger charge is 2.17. The van der Waals surface area contributed by atoms with E-state index in [9.17, 15) is 0 Å². The van der Waals surface area contributed by atoms with Crippen LogP contribution >= 0.6 is 0 Å². The summed E-state index contributed by atoms with van der Waals surface area (Å²) in [6.07, 6.45) is 10.8. The monoisotopic (exact) mass is 372 g/mol. The van der Waals surface area contributed by atoms with E-state index in [0.29, 0.717) is 18.3 Å². The van der Waals surface area contributed by atoms with Crippen molar-refractivity contribution in [3.63, 3.8) is 0 Å². The molecule has 0 saturated carbocycles. The van der Waals surface area contributed by atoms with E-state index in [4.69, 9.17) is 10.2 Å². The Morgan fingerprint density at radius 2 is 1.96 bits per heavy atom. The van der Waals surface area contributed by atoms with Crippen LogP contribution in [-0.2, 0) is 13.6 Å². The number of nitrogens with two attached hydrogens (primary N) is 1. The van der Waals surface area contributed by atoms with Gasteiger partial charge in [0.2, 0.25) is 11.8 Å². The third kappa shape index (κ3) is 2.65. The second-order valence-corrected chi connectivity index (χ2v) is 6.37. The standard InChI is InChI=1S/C19H16N8O/c1-27-10-13(8-24-27)11-4-15-16(9-23-17(15)22-7-11)19-26-25-18(28-19)14-2-3-21-6-12(14)5-20/h2-4,6-10H,5,20H2,1H3,(H,22,23). The second kappa shape index (κ2) is 6.39. The van der Waals surface area contributed by atoms with Crippen LogP contribution in [0.5, 0.6) is 0 Å². The zero-order chi connectivity index (χ0) is 19.1. The van der Waals surface area contributed by atoms with Gasteiger partial charge in [0.05, 0.1) is 11.8 Å². The van der Waals surface area contributed by atoms with Gasteiger partial charge in [0, 0.05) is 66.7 Å². The molecule has 0 amide bonds. The fraction of sp³-hybridized carbons (Fsp3) is 0.105. The number of nitrogens with one attached hydrogen (secondary N) is 1. The first-order chi connectivity index (χ1) is 13.7. The molecule has 0 atom stereocenters. The van der Waals surface area contributed by atoms with Crippen LogP contribution in [0.3, 0.4) is 0 Å². The fourth-order valence-electron chi connectivity index (χ4n) is 3.15. The van der Waals surface area contributed by atoms with Gasteiger partial charge in [0.1, 0.15) is 5.65 Å². The molecule has 5 aromatic heterocycles. The summed E-state index contributed by atoms with van der Waals surface area (Å²) in [5, 5.41) is 13.5. The average Bonchev–Trinajstić information content (AvgIpc) is 3.46. The number of nitrogens with zero attached hydrogens (tertiary/aromatic N) is 6. The summed E-state index contributed by atoms with van der Waals surface area (Å²) in [6, 6.07) is 3.85. The highest BCUT2D eigenvalue weighted by molar-refractivity contribution is 5.93. The number of fused-ring (bicyclic) bond motifs is 1. The maximum absolute atomic E-state index is 5.94. The first kappa shape index (κ1) is 16.3. The highest BCUT2D eigenvalue weighted by atomic mass is 16.4. The highest BCUT2D eigenvalue weighted by Crippen LogP contribution is 2.32. The SMILES string of the molecule is Cn1cc(-c2cnc3[nH]cc(-c4nnc(-c5ccncc5CN)o4)c3c2)cn1. The van der Waals surface area contributed by atoms with Crippen LogP contribution in [0, 0.1) is 0 Å². The predicted molar refractivity (Wildman–Crippen MR) is 103 cm³/mol. The summed E-state index contributed by atoms with van der Waals surface area (Å²) in [6.45, 7) is 0.340. The van der Waals surface area contributed by atoms with E-state index in [1.54, 1.807) is 23.3 Å². The number of aromatic nitrogens is 7. The lowest BCUT2D eigenvalue weighted by Crippen LogP contribution is -1.99. The zero-order valence-electron chi connectivity index (χ0n) is 15.0. The molecular weight excluding hydrogens is 356 g/mol. The first-order valence-corrected chi connectivity index (χ1v) is 8.66. The van der Waals surface area contributed by atoms with E-state index in [1.165, 1.54) is 0 Å². The van der Waals surface area contributed by atoms with Crippen LogP contribution in [0.25, 0.3) is 45.1 Å². The van der Waals surface area contributed by atoms with Gasteiger partial charge in [-0.05, 0) is 17.7 Å². The molecule has 0 aliphatic heterocycles. The number of rotatable bonds is 4. The van der Waals surface area contributed by atoms with Crippen molar-refractivity contribution >= 4 is 11.0 Å². The van der Waals surface area contributed by atoms with Crippen LogP contribution < -0.4 is 5.73 Å². The van der Waals surface area contributed by atoms with Crippen molar-refractivity contribution < 1.29 is 4.42 Å². The molecule has 0 aromatic carbocycles. The molecule has 0 bridgehead atoms. The Labute approximate surface area is 159 Å². The topological polar surface area (TPSA) is 124 Å². The number of hydrogen-bond acceptors (Lipinski definition) is 7. The fourth-order valence-corrected chi connectivity index (χ4v) is 3.15. The van der Waals surface area contributed by atoms with Crippen LogP contribution in [0.2, 0.25) is 0 Å². The molecule has 0 aliphatic rings. The molecule has 0 unspecified atom stereocenters. The smallest absolute Gasteiger partial charge is 0.250 e. The third-order valence-electron chi connectivity index (χ3n) is 4.58. The predicted octanol–water partition coefficient (Wildman–Crippen LogP) is 2.53. The Morgan fingerprint density at radius 3 is 2.75 bits per heavy atom. The molecule has 9 heteroatoms. The van der Waals surface area contributed by atoms with Gasteiger partial charge >= 0.3 is 0 Å². The zero-order valence-corrected chi connectivity index (χ0v) is 15.0. The minimum Gasteiger partial charge on any atom is -0.416 e. The molecule has 0 spiro atoms. The van der Waals surface area contributed by atoms with E-state index in [-0.39, 0.29) is 0 Å². The average molecular weight is 372 g/mol. The molecule has 0 fully saturated rings. The van der Waals surface area contributed by atoms with Crippen molar-refractivity contribution in [3.05, 3.63) is 54.9 Å². The molecule has 5 rings (SSSR count). The first-order valence-electron chi connectivity index (χ1n) is 8.66. The summed E-state index contributed by atoms with van der Waals surface area (Å²) in [4.78, 5) is 11.7. The molecule has 5 aromatic rings. The molecule has 0 saturated heterocycles. The van der Waals surface area contributed by atoms with Gasteiger partial charge in [-0.25, -0.2) is 4.98 Å². The largest absolute Gasteiger partial charge is 0.416 e. The van der Waals surface area contributed by atoms with Crippen molar-refractivity contribution in [2.75, 3.05) is 0 Å². The van der Waals surface area contributed by atoms with Gasteiger partial charge in [-0.15, -0.1) is 10.2 Å². The summed E-state index contributed by atoms with van der Waals surface area (Å²) in [5.74, 6) is 0.815. The number of pyridine rings is 2. The number of hydrogen-bond donors (Lipinski definition) is 2. The molecule has 0 aliphatic carbocycles. The van der Waals surface area contributed by atoms with E-state index in [0.717, 1.165) is 38.9 Å². The van der Waals surface area contributed by atoms with Crippen LogP contribution in [0.4, 0.5) is 0 Å². The summed E-state index contributed by atoms with van der Waals surface area (Å²) in [5.41, 5.74) is 10.9. The lowest BCUT2D eigenvalue weighted by molar-refractivity contribution is 0.584. The van der Waals surface area contributed by atoms with Crippen LogP contribution in [0.15, 0.2) is 53.7 Å². The lowest BCUT2D eigenvalue weighted by Gasteiger charge is -2.01. The normalized spacial score (nSPS) is 11.4. The van der Waals surface area contributed by atoms with Crippen molar-refractivity contribution in [3.8, 4) is 34.0 Å². The van der Waals surface area contributed by atoms with Gasteiger partial charge in [-0.3, -0.25) is 9.67 Å².